The van der Waals surface area contributed by atoms with Gasteiger partial charge in [-0.05, 0) is 50.8 Å². The first-order valence-electron chi connectivity index (χ1n) is 6.52. The summed E-state index contributed by atoms with van der Waals surface area (Å²) in [5, 5.41) is 7.11. The van der Waals surface area contributed by atoms with Crippen molar-refractivity contribution < 1.29 is 9.53 Å². The molecule has 3 heterocycles. The van der Waals surface area contributed by atoms with Gasteiger partial charge in [-0.2, -0.15) is 5.10 Å². The van der Waals surface area contributed by atoms with Crippen LogP contribution in [0.2, 0.25) is 0 Å². The highest BCUT2D eigenvalue weighted by atomic mass is 79.9. The molecule has 1 amide bonds. The molecule has 2 aromatic heterocycles. The van der Waals surface area contributed by atoms with E-state index in [2.05, 4.69) is 42.3 Å². The third kappa shape index (κ3) is 3.74. The van der Waals surface area contributed by atoms with Gasteiger partial charge in [0.1, 0.15) is 0 Å². The van der Waals surface area contributed by atoms with Crippen LogP contribution in [0, 0.1) is 0 Å². The fourth-order valence-electron chi connectivity index (χ4n) is 2.22. The second-order valence-electron chi connectivity index (χ2n) is 4.78. The molecule has 0 spiro atoms. The second kappa shape index (κ2) is 6.60. The second-order valence-corrected chi connectivity index (χ2v) is 8.53. The van der Waals surface area contributed by atoms with E-state index < -0.39 is 0 Å². The quantitative estimate of drug-likeness (QED) is 0.793. The van der Waals surface area contributed by atoms with Crippen molar-refractivity contribution >= 4 is 54.8 Å². The molecule has 3 rings (SSSR count). The summed E-state index contributed by atoms with van der Waals surface area (Å²) in [6, 6.07) is 1.79. The summed E-state index contributed by atoms with van der Waals surface area (Å²) in [5.74, 6) is -0.152. The highest BCUT2D eigenvalue weighted by molar-refractivity contribution is 9.12. The molecule has 21 heavy (non-hydrogen) atoms. The maximum Gasteiger partial charge on any atom is 0.257 e. The van der Waals surface area contributed by atoms with E-state index in [9.17, 15) is 4.79 Å². The lowest BCUT2D eigenvalue weighted by Gasteiger charge is -2.08. The fourth-order valence-corrected chi connectivity index (χ4v) is 5.01. The summed E-state index contributed by atoms with van der Waals surface area (Å²) in [4.78, 5) is 12.2. The minimum atomic E-state index is -0.152. The smallest absolute Gasteiger partial charge is 0.257 e. The van der Waals surface area contributed by atoms with E-state index in [0.29, 0.717) is 11.3 Å². The highest BCUT2D eigenvalue weighted by Gasteiger charge is 2.17. The van der Waals surface area contributed by atoms with Crippen molar-refractivity contribution in [2.45, 2.75) is 25.5 Å². The number of halogens is 2. The van der Waals surface area contributed by atoms with Gasteiger partial charge in [-0.25, -0.2) is 0 Å². The number of thiophene rings is 1. The maximum atomic E-state index is 12.2. The number of nitrogens with zero attached hydrogens (tertiary/aromatic N) is 2. The Bertz CT molecular complexity index is 650. The van der Waals surface area contributed by atoms with Crippen molar-refractivity contribution in [3.05, 3.63) is 31.6 Å². The number of nitrogens with one attached hydrogen (secondary N) is 1. The molecule has 5 nitrogen and oxygen atoms in total. The number of ether oxygens (including phenoxy) is 1. The Morgan fingerprint density at radius 3 is 3.10 bits per heavy atom. The summed E-state index contributed by atoms with van der Waals surface area (Å²) < 4.78 is 9.10. The lowest BCUT2D eigenvalue weighted by Crippen LogP contribution is -2.15. The molecule has 1 atom stereocenters. The van der Waals surface area contributed by atoms with Gasteiger partial charge in [0, 0.05) is 12.8 Å². The molecule has 0 saturated carbocycles. The molecule has 1 unspecified atom stereocenters. The number of carbonyl (C=O) groups excluding carboxylic acids is 1. The van der Waals surface area contributed by atoms with Crippen LogP contribution < -0.4 is 5.32 Å². The molecule has 1 aliphatic heterocycles. The van der Waals surface area contributed by atoms with Crippen LogP contribution >= 0.6 is 43.2 Å². The van der Waals surface area contributed by atoms with Crippen molar-refractivity contribution in [1.82, 2.24) is 9.78 Å². The van der Waals surface area contributed by atoms with Gasteiger partial charge in [0.25, 0.3) is 5.91 Å². The monoisotopic (exact) mass is 433 g/mol. The number of hydrogen-bond donors (Lipinski definition) is 1. The van der Waals surface area contributed by atoms with Crippen LogP contribution in [-0.2, 0) is 11.3 Å². The molecule has 1 saturated heterocycles. The van der Waals surface area contributed by atoms with Crippen LogP contribution in [0.25, 0.3) is 0 Å². The van der Waals surface area contributed by atoms with Gasteiger partial charge in [0.05, 0.1) is 37.7 Å². The lowest BCUT2D eigenvalue weighted by molar-refractivity contribution is 0.0940. The predicted octanol–water partition coefficient (Wildman–Crippen LogP) is 3.90. The average Bonchev–Trinajstić information content (AvgIpc) is 3.13. The van der Waals surface area contributed by atoms with Gasteiger partial charge < -0.3 is 10.1 Å². The lowest BCUT2D eigenvalue weighted by atomic mass is 10.2. The van der Waals surface area contributed by atoms with Crippen molar-refractivity contribution in [3.63, 3.8) is 0 Å². The van der Waals surface area contributed by atoms with Crippen molar-refractivity contribution in [2.24, 2.45) is 0 Å². The predicted molar refractivity (Wildman–Crippen MR) is 88.9 cm³/mol. The van der Waals surface area contributed by atoms with Crippen LogP contribution in [0.15, 0.2) is 26.0 Å². The number of carbonyl (C=O) groups is 1. The molecule has 0 aliphatic carbocycles. The third-order valence-corrected chi connectivity index (χ3v) is 5.55. The van der Waals surface area contributed by atoms with E-state index in [1.165, 1.54) is 11.3 Å². The van der Waals surface area contributed by atoms with Gasteiger partial charge >= 0.3 is 0 Å². The summed E-state index contributed by atoms with van der Waals surface area (Å²) in [7, 11) is 0. The molecular weight excluding hydrogens is 422 g/mol. The number of hydrogen-bond acceptors (Lipinski definition) is 4. The van der Waals surface area contributed by atoms with E-state index >= 15 is 0 Å². The van der Waals surface area contributed by atoms with E-state index in [-0.39, 0.29) is 12.0 Å². The van der Waals surface area contributed by atoms with E-state index in [0.717, 1.165) is 33.6 Å². The average molecular weight is 435 g/mol. The summed E-state index contributed by atoms with van der Waals surface area (Å²) in [6.45, 7) is 1.56. The van der Waals surface area contributed by atoms with Crippen LogP contribution in [0.4, 0.5) is 5.69 Å². The number of rotatable bonds is 4. The Labute approximate surface area is 142 Å². The van der Waals surface area contributed by atoms with E-state index in [1.807, 2.05) is 10.9 Å². The zero-order valence-corrected chi connectivity index (χ0v) is 15.0. The van der Waals surface area contributed by atoms with Gasteiger partial charge in [0.15, 0.2) is 0 Å². The van der Waals surface area contributed by atoms with Crippen LogP contribution in [0.5, 0.6) is 0 Å². The first-order valence-corrected chi connectivity index (χ1v) is 8.92. The molecule has 112 valence electrons. The van der Waals surface area contributed by atoms with Gasteiger partial charge in [-0.1, -0.05) is 0 Å². The summed E-state index contributed by atoms with van der Waals surface area (Å²) in [5.41, 5.74) is 1.30. The SMILES string of the molecule is O=C(Nc1cnn(CC2CCCO2)c1)c1cc(Br)sc1Br. The highest BCUT2D eigenvalue weighted by Crippen LogP contribution is 2.32. The largest absolute Gasteiger partial charge is 0.376 e. The first-order chi connectivity index (χ1) is 10.1. The third-order valence-electron chi connectivity index (χ3n) is 3.21. The first kappa shape index (κ1) is 15.2. The molecule has 0 bridgehead atoms. The Kier molecular flexibility index (Phi) is 4.78. The molecule has 1 N–H and O–H groups in total. The normalized spacial score (nSPS) is 18.1. The van der Waals surface area contributed by atoms with Gasteiger partial charge in [-0.15, -0.1) is 11.3 Å². The Balaban J connectivity index is 1.63. The zero-order chi connectivity index (χ0) is 14.8. The van der Waals surface area contributed by atoms with E-state index in [4.69, 9.17) is 4.74 Å². The topological polar surface area (TPSA) is 56.2 Å². The standard InChI is InChI=1S/C13H13Br2N3O2S/c14-11-4-10(12(15)21-11)13(19)17-8-5-16-18(6-8)7-9-2-1-3-20-9/h4-6,9H,1-3,7H2,(H,17,19). The number of anilines is 1. The zero-order valence-electron chi connectivity index (χ0n) is 11.0. The molecule has 0 radical (unpaired) electrons. The summed E-state index contributed by atoms with van der Waals surface area (Å²) in [6.07, 6.45) is 5.89. The Morgan fingerprint density at radius 1 is 1.57 bits per heavy atom. The fraction of sp³-hybridized carbons (Fsp3) is 0.385. The van der Waals surface area contributed by atoms with E-state index in [1.54, 1.807) is 12.3 Å². The molecule has 0 aromatic carbocycles. The minimum absolute atomic E-state index is 0.152. The van der Waals surface area contributed by atoms with Gasteiger partial charge in [0.2, 0.25) is 0 Å². The molecule has 8 heteroatoms. The Hall–Kier alpha value is -0.700. The number of amides is 1. The van der Waals surface area contributed by atoms with Crippen LogP contribution in [0.1, 0.15) is 23.2 Å². The van der Waals surface area contributed by atoms with Crippen molar-refractivity contribution in [2.75, 3.05) is 11.9 Å². The van der Waals surface area contributed by atoms with Crippen LogP contribution in [0.3, 0.4) is 0 Å². The Morgan fingerprint density at radius 2 is 2.43 bits per heavy atom. The molecular formula is C13H13Br2N3O2S. The van der Waals surface area contributed by atoms with Crippen LogP contribution in [-0.4, -0.2) is 28.4 Å². The number of aromatic nitrogens is 2. The molecule has 1 fully saturated rings. The minimum Gasteiger partial charge on any atom is -0.376 e. The molecule has 2 aromatic rings. The molecule has 1 aliphatic rings. The maximum absolute atomic E-state index is 12.2. The van der Waals surface area contributed by atoms with Gasteiger partial charge in [-0.3, -0.25) is 9.48 Å². The van der Waals surface area contributed by atoms with Crippen molar-refractivity contribution in [3.8, 4) is 0 Å². The van der Waals surface area contributed by atoms with Crippen molar-refractivity contribution in [1.29, 1.82) is 0 Å². The summed E-state index contributed by atoms with van der Waals surface area (Å²) >= 11 is 8.22.